The minimum atomic E-state index is -0.673. The number of fused-ring (bicyclic) bond motifs is 1. The maximum atomic E-state index is 14.0. The molecule has 0 atom stereocenters. The summed E-state index contributed by atoms with van der Waals surface area (Å²) in [7, 11) is 0. The lowest BCUT2D eigenvalue weighted by atomic mass is 10.2. The van der Waals surface area contributed by atoms with Crippen molar-refractivity contribution in [3.05, 3.63) is 64.6 Å². The van der Waals surface area contributed by atoms with Gasteiger partial charge in [0.15, 0.2) is 11.4 Å². The van der Waals surface area contributed by atoms with Crippen LogP contribution >= 0.6 is 0 Å². The molecule has 0 radical (unpaired) electrons. The fourth-order valence-corrected chi connectivity index (χ4v) is 3.79. The Morgan fingerprint density at radius 2 is 1.94 bits per heavy atom. The van der Waals surface area contributed by atoms with Crippen LogP contribution in [0.25, 0.3) is 5.65 Å². The van der Waals surface area contributed by atoms with Gasteiger partial charge in [-0.05, 0) is 37.6 Å². The molecule has 3 heterocycles. The fraction of sp³-hybridized carbons (Fsp3) is 0.391. The number of carbonyl (C=O) groups excluding carboxylic acids is 1. The number of hydrogen-bond donors (Lipinski definition) is 1. The lowest BCUT2D eigenvalue weighted by Gasteiger charge is -2.26. The summed E-state index contributed by atoms with van der Waals surface area (Å²) >= 11 is 0. The second-order valence-electron chi connectivity index (χ2n) is 7.82. The molecule has 1 aliphatic heterocycles. The first-order valence-corrected chi connectivity index (χ1v) is 10.6. The second-order valence-corrected chi connectivity index (χ2v) is 7.82. The first-order valence-electron chi connectivity index (χ1n) is 10.6. The summed E-state index contributed by atoms with van der Waals surface area (Å²) in [6, 6.07) is 5.42. The van der Waals surface area contributed by atoms with Crippen LogP contribution in [-0.4, -0.2) is 59.6 Å². The Bertz CT molecular complexity index is 1110. The monoisotopic (exact) mass is 444 g/mol. The number of aryl methyl sites for hydroxylation is 2. The van der Waals surface area contributed by atoms with Crippen molar-refractivity contribution >= 4 is 11.6 Å². The number of ether oxygens (including phenoxy) is 2. The van der Waals surface area contributed by atoms with Crippen molar-refractivity contribution in [2.75, 3.05) is 39.4 Å². The van der Waals surface area contributed by atoms with Gasteiger partial charge in [0, 0.05) is 32.4 Å². The lowest BCUT2D eigenvalue weighted by Crippen LogP contribution is -2.41. The van der Waals surface area contributed by atoms with Crippen LogP contribution in [0.1, 0.15) is 27.3 Å². The van der Waals surface area contributed by atoms with Gasteiger partial charge in [-0.15, -0.1) is 0 Å². The molecule has 0 aliphatic carbocycles. The number of pyridine rings is 1. The molecule has 0 unspecified atom stereocenters. The van der Waals surface area contributed by atoms with Gasteiger partial charge in [0.05, 0.1) is 24.5 Å². The Labute approximate surface area is 184 Å². The molecule has 1 aliphatic rings. The number of nitrogens with one attached hydrogen (secondary N) is 1. The molecule has 7 nitrogen and oxygen atoms in total. The number of carbonyl (C=O) groups is 1. The van der Waals surface area contributed by atoms with E-state index in [1.54, 1.807) is 23.6 Å². The van der Waals surface area contributed by atoms with Crippen molar-refractivity contribution in [3.63, 3.8) is 0 Å². The molecule has 1 saturated heterocycles. The molecule has 0 saturated carbocycles. The second kappa shape index (κ2) is 9.62. The third-order valence-electron chi connectivity index (χ3n) is 5.46. The largest absolute Gasteiger partial charge is 0.485 e. The van der Waals surface area contributed by atoms with E-state index in [2.05, 4.69) is 15.2 Å². The van der Waals surface area contributed by atoms with E-state index in [1.165, 1.54) is 18.2 Å². The topological polar surface area (TPSA) is 68.1 Å². The molecule has 9 heteroatoms. The zero-order chi connectivity index (χ0) is 22.7. The predicted molar refractivity (Wildman–Crippen MR) is 115 cm³/mol. The Balaban J connectivity index is 1.52. The quantitative estimate of drug-likeness (QED) is 0.607. The molecule has 3 aromatic rings. The number of amides is 1. The lowest BCUT2D eigenvalue weighted by molar-refractivity contribution is 0.0383. The van der Waals surface area contributed by atoms with Gasteiger partial charge in [0.2, 0.25) is 0 Å². The number of imidazole rings is 1. The fourth-order valence-electron chi connectivity index (χ4n) is 3.79. The molecule has 1 N–H and O–H groups in total. The number of benzene rings is 1. The third kappa shape index (κ3) is 4.73. The Morgan fingerprint density at radius 1 is 1.22 bits per heavy atom. The number of morpholine rings is 1. The zero-order valence-corrected chi connectivity index (χ0v) is 18.2. The van der Waals surface area contributed by atoms with Crippen LogP contribution in [0.15, 0.2) is 30.5 Å². The van der Waals surface area contributed by atoms with Crippen molar-refractivity contribution < 1.29 is 23.0 Å². The van der Waals surface area contributed by atoms with E-state index >= 15 is 0 Å². The van der Waals surface area contributed by atoms with Crippen LogP contribution in [0.5, 0.6) is 5.75 Å². The van der Waals surface area contributed by atoms with Crippen LogP contribution < -0.4 is 10.1 Å². The summed E-state index contributed by atoms with van der Waals surface area (Å²) in [4.78, 5) is 19.7. The van der Waals surface area contributed by atoms with Gasteiger partial charge < -0.3 is 14.8 Å². The van der Waals surface area contributed by atoms with E-state index in [9.17, 15) is 13.6 Å². The summed E-state index contributed by atoms with van der Waals surface area (Å²) in [6.45, 7) is 7.69. The SMILES string of the molecule is Cc1cc(OCc2c(F)cccc2F)c2nc(C)c(C(=O)NCCN3CCOCC3)n2c1. The van der Waals surface area contributed by atoms with Gasteiger partial charge in [0.25, 0.3) is 5.91 Å². The number of aromatic nitrogens is 2. The summed E-state index contributed by atoms with van der Waals surface area (Å²) in [5.41, 5.74) is 2.04. The Morgan fingerprint density at radius 3 is 2.66 bits per heavy atom. The van der Waals surface area contributed by atoms with E-state index in [0.717, 1.165) is 25.2 Å². The molecule has 0 spiro atoms. The number of nitrogens with zero attached hydrogens (tertiary/aromatic N) is 3. The van der Waals surface area contributed by atoms with E-state index < -0.39 is 11.6 Å². The minimum Gasteiger partial charge on any atom is -0.485 e. The zero-order valence-electron chi connectivity index (χ0n) is 18.2. The average Bonchev–Trinajstić information content (AvgIpc) is 3.09. The molecule has 32 heavy (non-hydrogen) atoms. The minimum absolute atomic E-state index is 0.156. The average molecular weight is 444 g/mol. The summed E-state index contributed by atoms with van der Waals surface area (Å²) < 4.78 is 40.7. The van der Waals surface area contributed by atoms with Gasteiger partial charge in [0.1, 0.15) is 23.9 Å². The molecule has 1 fully saturated rings. The summed E-state index contributed by atoms with van der Waals surface area (Å²) in [6.07, 6.45) is 1.79. The highest BCUT2D eigenvalue weighted by atomic mass is 19.1. The molecule has 0 bridgehead atoms. The smallest absolute Gasteiger partial charge is 0.270 e. The molecular formula is C23H26F2N4O3. The maximum absolute atomic E-state index is 14.0. The van der Waals surface area contributed by atoms with Crippen LogP contribution in [0.3, 0.4) is 0 Å². The van der Waals surface area contributed by atoms with Crippen molar-refractivity contribution in [3.8, 4) is 5.75 Å². The normalized spacial score (nSPS) is 14.6. The predicted octanol–water partition coefficient (Wildman–Crippen LogP) is 2.87. The molecule has 170 valence electrons. The van der Waals surface area contributed by atoms with Gasteiger partial charge in [-0.25, -0.2) is 13.8 Å². The molecule has 4 rings (SSSR count). The molecular weight excluding hydrogens is 418 g/mol. The highest BCUT2D eigenvalue weighted by molar-refractivity contribution is 5.95. The van der Waals surface area contributed by atoms with Crippen molar-refractivity contribution in [2.45, 2.75) is 20.5 Å². The van der Waals surface area contributed by atoms with Crippen molar-refractivity contribution in [2.24, 2.45) is 0 Å². The van der Waals surface area contributed by atoms with Gasteiger partial charge >= 0.3 is 0 Å². The van der Waals surface area contributed by atoms with E-state index in [0.29, 0.717) is 42.5 Å². The first-order chi connectivity index (χ1) is 15.4. The summed E-state index contributed by atoms with van der Waals surface area (Å²) in [5.74, 6) is -1.23. The molecule has 1 amide bonds. The van der Waals surface area contributed by atoms with Crippen LogP contribution in [0.4, 0.5) is 8.78 Å². The van der Waals surface area contributed by atoms with Crippen molar-refractivity contribution in [1.82, 2.24) is 19.6 Å². The number of rotatable bonds is 7. The summed E-state index contributed by atoms with van der Waals surface area (Å²) in [5, 5.41) is 2.95. The highest BCUT2D eigenvalue weighted by Crippen LogP contribution is 2.26. The van der Waals surface area contributed by atoms with Crippen LogP contribution in [0.2, 0.25) is 0 Å². The number of hydrogen-bond acceptors (Lipinski definition) is 5. The van der Waals surface area contributed by atoms with Crippen LogP contribution in [0, 0.1) is 25.5 Å². The van der Waals surface area contributed by atoms with Crippen LogP contribution in [-0.2, 0) is 11.3 Å². The van der Waals surface area contributed by atoms with E-state index in [4.69, 9.17) is 9.47 Å². The Kier molecular flexibility index (Phi) is 6.66. The third-order valence-corrected chi connectivity index (χ3v) is 5.46. The van der Waals surface area contributed by atoms with Gasteiger partial charge in [-0.1, -0.05) is 6.07 Å². The van der Waals surface area contributed by atoms with Gasteiger partial charge in [-0.2, -0.15) is 0 Å². The van der Waals surface area contributed by atoms with Gasteiger partial charge in [-0.3, -0.25) is 14.1 Å². The highest BCUT2D eigenvalue weighted by Gasteiger charge is 2.20. The van der Waals surface area contributed by atoms with E-state index in [1.807, 2.05) is 6.92 Å². The first kappa shape index (κ1) is 22.2. The standard InChI is InChI=1S/C23H26F2N4O3/c1-15-12-20(32-14-17-18(24)4-3-5-19(17)25)22-27-16(2)21(29(22)13-15)23(30)26-6-7-28-8-10-31-11-9-28/h3-5,12-13H,6-11,14H2,1-2H3,(H,26,30). The molecule has 2 aromatic heterocycles. The van der Waals surface area contributed by atoms with Crippen molar-refractivity contribution in [1.29, 1.82) is 0 Å². The Hall–Kier alpha value is -3.04. The molecule has 1 aromatic carbocycles. The van der Waals surface area contributed by atoms with E-state index in [-0.39, 0.29) is 18.1 Å². The maximum Gasteiger partial charge on any atom is 0.270 e. The number of halogens is 2.